The number of hydrogen-bond acceptors (Lipinski definition) is 6. The van der Waals surface area contributed by atoms with Crippen molar-refractivity contribution in [1.82, 2.24) is 34.3 Å². The summed E-state index contributed by atoms with van der Waals surface area (Å²) >= 11 is 1.87. The number of para-hydroxylation sites is 4. The summed E-state index contributed by atoms with van der Waals surface area (Å²) in [5.41, 5.74) is 20.2. The van der Waals surface area contributed by atoms with E-state index in [9.17, 15) is 0 Å². The molecule has 16 aromatic rings. The topological polar surface area (TPSA) is 74.3 Å². The number of hydrogen-bond donors (Lipinski definition) is 0. The number of fused-ring (bicyclic) bond motifs is 7. The summed E-state index contributed by atoms with van der Waals surface area (Å²) in [5, 5.41) is 14.0. The van der Waals surface area contributed by atoms with Crippen molar-refractivity contribution in [2.24, 2.45) is 0 Å². The number of benzene rings is 11. The van der Waals surface area contributed by atoms with Crippen LogP contribution in [0.1, 0.15) is 16.7 Å². The predicted molar refractivity (Wildman–Crippen MR) is 358 cm³/mol. The minimum atomic E-state index is 0. The summed E-state index contributed by atoms with van der Waals surface area (Å²) in [6, 6.07) is 98.1. The minimum absolute atomic E-state index is 0. The molecule has 9 heteroatoms. The van der Waals surface area contributed by atoms with Crippen LogP contribution in [0.3, 0.4) is 0 Å². The molecule has 419 valence electrons. The van der Waals surface area contributed by atoms with Crippen molar-refractivity contribution in [2.75, 3.05) is 0 Å². The number of aryl methyl sites for hydroxylation is 3. The summed E-state index contributed by atoms with van der Waals surface area (Å²) in [6.07, 6.45) is 3.75. The van der Waals surface area contributed by atoms with Crippen LogP contribution in [-0.2, 0) is 20.1 Å². The summed E-state index contributed by atoms with van der Waals surface area (Å²) in [6.45, 7) is 6.36. The number of thiophene rings is 1. The Hall–Kier alpha value is -10.3. The number of aromatic nitrogens is 7. The van der Waals surface area contributed by atoms with Gasteiger partial charge >= 0.3 is 0 Å². The molecule has 0 atom stereocenters. The van der Waals surface area contributed by atoms with Crippen molar-refractivity contribution in [1.29, 1.82) is 0 Å². The molecule has 16 rings (SSSR count). The van der Waals surface area contributed by atoms with Gasteiger partial charge in [0.15, 0.2) is 5.82 Å². The fourth-order valence-electron chi connectivity index (χ4n) is 11.8. The van der Waals surface area contributed by atoms with E-state index in [1.54, 1.807) is 0 Å². The van der Waals surface area contributed by atoms with E-state index in [1.807, 2.05) is 78.3 Å². The number of rotatable bonds is 8. The van der Waals surface area contributed by atoms with Gasteiger partial charge in [0.05, 0.1) is 27.9 Å². The van der Waals surface area contributed by atoms with Gasteiger partial charge in [-0.15, -0.1) is 52.3 Å². The van der Waals surface area contributed by atoms with Crippen molar-refractivity contribution < 1.29 is 20.1 Å². The van der Waals surface area contributed by atoms with Crippen LogP contribution in [0.5, 0.6) is 0 Å². The Morgan fingerprint density at radius 3 is 1.61 bits per heavy atom. The zero-order chi connectivity index (χ0) is 57.9. The second-order valence-corrected chi connectivity index (χ2v) is 22.3. The average molecular weight is 1320 g/mol. The van der Waals surface area contributed by atoms with Crippen molar-refractivity contribution in [3.8, 4) is 78.9 Å². The van der Waals surface area contributed by atoms with E-state index in [-0.39, 0.29) is 20.1 Å². The quantitative estimate of drug-likeness (QED) is 0.112. The molecule has 0 amide bonds. The van der Waals surface area contributed by atoms with E-state index in [0.29, 0.717) is 0 Å². The smallest absolute Gasteiger partial charge is 0.159 e. The Bertz CT molecular complexity index is 4980. The van der Waals surface area contributed by atoms with Gasteiger partial charge in [0.1, 0.15) is 5.82 Å². The van der Waals surface area contributed by atoms with Crippen LogP contribution in [0.4, 0.5) is 0 Å². The second kappa shape index (κ2) is 24.7. The molecule has 0 bridgehead atoms. The van der Waals surface area contributed by atoms with Crippen LogP contribution in [0.2, 0.25) is 0 Å². The Labute approximate surface area is 523 Å². The molecule has 0 saturated heterocycles. The van der Waals surface area contributed by atoms with Gasteiger partial charge in [0.2, 0.25) is 0 Å². The molecular weight excluding hydrogens is 1260 g/mol. The van der Waals surface area contributed by atoms with E-state index in [2.05, 4.69) is 275 Å². The van der Waals surface area contributed by atoms with Gasteiger partial charge in [-0.25, -0.2) is 4.98 Å². The Balaban J connectivity index is 0.000000122. The minimum Gasteiger partial charge on any atom is -0.316 e. The van der Waals surface area contributed by atoms with Gasteiger partial charge in [-0.3, -0.25) is 14.5 Å². The number of pyridine rings is 2. The normalized spacial score (nSPS) is 11.1. The maximum Gasteiger partial charge on any atom is 0.159 e. The zero-order valence-corrected chi connectivity index (χ0v) is 51.2. The maximum atomic E-state index is 5.06. The molecule has 7 nitrogen and oxygen atoms in total. The monoisotopic (exact) mass is 1320 g/mol. The fourth-order valence-corrected chi connectivity index (χ4v) is 13.0. The predicted octanol–water partition coefficient (Wildman–Crippen LogP) is 20.2. The van der Waals surface area contributed by atoms with Crippen molar-refractivity contribution in [2.45, 2.75) is 20.8 Å². The van der Waals surface area contributed by atoms with Gasteiger partial charge in [0.25, 0.3) is 0 Å². The van der Waals surface area contributed by atoms with Crippen molar-refractivity contribution >= 4 is 64.3 Å². The van der Waals surface area contributed by atoms with Crippen molar-refractivity contribution in [3.63, 3.8) is 0 Å². The molecule has 0 spiro atoms. The van der Waals surface area contributed by atoms with Crippen LogP contribution in [0.25, 0.3) is 132 Å². The fraction of sp³-hybridized carbons (Fsp3) is 0.0385. The van der Waals surface area contributed by atoms with Gasteiger partial charge in [0, 0.05) is 85.9 Å². The molecule has 5 aromatic heterocycles. The molecular formula is C78H56IrN7S-. The summed E-state index contributed by atoms with van der Waals surface area (Å²) < 4.78 is 7.08. The second-order valence-electron chi connectivity index (χ2n) is 21.3. The van der Waals surface area contributed by atoms with Crippen LogP contribution >= 0.6 is 11.3 Å². The first-order chi connectivity index (χ1) is 42.4. The first kappa shape index (κ1) is 55.9. The third kappa shape index (κ3) is 10.9. The number of nitrogens with zero attached hydrogens (tertiary/aromatic N) is 7. The third-order valence-corrected chi connectivity index (χ3v) is 17.1. The zero-order valence-electron chi connectivity index (χ0n) is 48.0. The van der Waals surface area contributed by atoms with Gasteiger partial charge < -0.3 is 4.57 Å². The van der Waals surface area contributed by atoms with E-state index >= 15 is 0 Å². The van der Waals surface area contributed by atoms with Crippen LogP contribution < -0.4 is 0 Å². The molecule has 0 aliphatic rings. The molecule has 11 aromatic carbocycles. The molecule has 1 radical (unpaired) electrons. The molecule has 0 aliphatic heterocycles. The Morgan fingerprint density at radius 2 is 0.920 bits per heavy atom. The van der Waals surface area contributed by atoms with Gasteiger partial charge in [-0.05, 0) is 119 Å². The standard InChI is InChI=1S/C31H20N2S.C24H16N2.C23H20N3.Ir/c1-2-12-23(13-3-1)33-28-18-6-5-17-27(28)32-31(33)22-11-8-10-21(20-22)24-15-9-16-26-25-14-4-7-19-29(25)34-30(24)26;1-3-7-17(8-4-1)19-13-15-25-23-21(19)11-12-22-20(14-16-26-24(22)23)18-9-5-2-6-10-18;1-16-10-7-8-15-20(16)23-25-24-22(19-13-5-4-6-14-19)26(23)21-17(2)11-9-12-18(21)3;/h1-20H;1-16H;4-13,15H,1-3H3;/q;;-1;. The van der Waals surface area contributed by atoms with E-state index in [4.69, 9.17) is 4.98 Å². The van der Waals surface area contributed by atoms with Gasteiger partial charge in [-0.2, -0.15) is 5.10 Å². The molecule has 87 heavy (non-hydrogen) atoms. The molecule has 0 fully saturated rings. The first-order valence-corrected chi connectivity index (χ1v) is 29.6. The van der Waals surface area contributed by atoms with Crippen molar-refractivity contribution in [3.05, 3.63) is 308 Å². The molecule has 0 N–H and O–H groups in total. The Kier molecular flexibility index (Phi) is 15.9. The third-order valence-electron chi connectivity index (χ3n) is 15.9. The summed E-state index contributed by atoms with van der Waals surface area (Å²) in [4.78, 5) is 14.4. The van der Waals surface area contributed by atoms with E-state index < -0.39 is 0 Å². The van der Waals surface area contributed by atoms with E-state index in [1.165, 1.54) is 70.2 Å². The molecule has 0 aliphatic carbocycles. The largest absolute Gasteiger partial charge is 0.316 e. The maximum absolute atomic E-state index is 5.06. The molecule has 5 heterocycles. The van der Waals surface area contributed by atoms with Crippen LogP contribution in [-0.4, -0.2) is 34.3 Å². The first-order valence-electron chi connectivity index (χ1n) is 28.8. The number of imidazole rings is 1. The Morgan fingerprint density at radius 1 is 0.379 bits per heavy atom. The van der Waals surface area contributed by atoms with Crippen LogP contribution in [0.15, 0.2) is 285 Å². The SMILES string of the molecule is Cc1ccccc1-c1nnc(-c2[c-]cccc2)n1-c1c(C)cccc1C.[Ir].c1ccc(-c2ccnc3c2ccc2c(-c4ccccc4)ccnc23)cc1.c1ccc(-n2c(-c3cccc(-c4cccc5c4sc4ccccc45)c3)nc3ccccc32)cc1. The van der Waals surface area contributed by atoms with Crippen LogP contribution in [0, 0.1) is 26.8 Å². The summed E-state index contributed by atoms with van der Waals surface area (Å²) in [7, 11) is 0. The summed E-state index contributed by atoms with van der Waals surface area (Å²) in [5.74, 6) is 2.62. The average Bonchev–Trinajstić information content (AvgIpc) is 2.78. The van der Waals surface area contributed by atoms with Gasteiger partial charge in [-0.1, -0.05) is 200 Å². The molecule has 0 saturated carbocycles. The molecule has 0 unspecified atom stereocenters. The van der Waals surface area contributed by atoms with E-state index in [0.717, 1.165) is 78.4 Å².